The predicted octanol–water partition coefficient (Wildman–Crippen LogP) is 2.92. The largest absolute Gasteiger partial charge is 0.387 e. The number of rotatable bonds is 8. The first-order valence-electron chi connectivity index (χ1n) is 19.7. The molecule has 8 heterocycles. The molecule has 10 rings (SSSR count). The number of anilines is 2. The summed E-state index contributed by atoms with van der Waals surface area (Å²) in [4.78, 5) is 79.5. The summed E-state index contributed by atoms with van der Waals surface area (Å²) >= 11 is 1.56. The minimum atomic E-state index is -1.13. The van der Waals surface area contributed by atoms with Gasteiger partial charge < -0.3 is 15.1 Å². The number of nitriles is 1. The van der Waals surface area contributed by atoms with Gasteiger partial charge >= 0.3 is 0 Å². The zero-order valence-electron chi connectivity index (χ0n) is 32.4. The molecule has 5 aliphatic rings. The lowest BCUT2D eigenvalue weighted by atomic mass is 9.58. The Labute approximate surface area is 345 Å². The van der Waals surface area contributed by atoms with Gasteiger partial charge in [-0.1, -0.05) is 11.3 Å². The molecule has 19 heteroatoms. The number of hydrogen-bond donors (Lipinski definition) is 2. The third-order valence-corrected chi connectivity index (χ3v) is 13.5. The van der Waals surface area contributed by atoms with Crippen LogP contribution in [0.2, 0.25) is 0 Å². The van der Waals surface area contributed by atoms with Crippen LogP contribution in [0, 0.1) is 22.6 Å². The number of likely N-dealkylation sites (tertiary alicyclic amines) is 1. The van der Waals surface area contributed by atoms with Gasteiger partial charge in [-0.25, -0.2) is 14.4 Å². The summed E-state index contributed by atoms with van der Waals surface area (Å²) in [6.45, 7) is 3.51. The SMILES string of the molecule is CNc1cc(-n2ccc3cc(C#N)cnc32)ncc1-c1nnc(C2CC3(C2)CN(C(=O)CN2CCN(c4cc5c(cc4F)C(=O)N(C4CCC(=O)NC4=O)C5=O)CC2)C3)s1. The molecular formula is C41H37FN12O5S. The van der Waals surface area contributed by atoms with Crippen molar-refractivity contribution in [3.63, 3.8) is 0 Å². The Morgan fingerprint density at radius 1 is 1.00 bits per heavy atom. The lowest BCUT2D eigenvalue weighted by Gasteiger charge is -2.58. The Bertz CT molecular complexity index is 2700. The van der Waals surface area contributed by atoms with Gasteiger partial charge in [-0.3, -0.25) is 43.7 Å². The van der Waals surface area contributed by atoms with E-state index in [1.807, 2.05) is 39.7 Å². The van der Waals surface area contributed by atoms with E-state index in [2.05, 4.69) is 31.9 Å². The van der Waals surface area contributed by atoms with E-state index in [9.17, 15) is 29.2 Å². The summed E-state index contributed by atoms with van der Waals surface area (Å²) < 4.78 is 17.3. The monoisotopic (exact) mass is 828 g/mol. The van der Waals surface area contributed by atoms with Crippen LogP contribution in [0.1, 0.15) is 62.9 Å². The molecule has 4 aromatic heterocycles. The highest BCUT2D eigenvalue weighted by Gasteiger charge is 2.55. The fourth-order valence-corrected chi connectivity index (χ4v) is 10.2. The first-order chi connectivity index (χ1) is 29.0. The first-order valence-corrected chi connectivity index (χ1v) is 20.5. The molecule has 4 aliphatic heterocycles. The Kier molecular flexibility index (Phi) is 8.95. The summed E-state index contributed by atoms with van der Waals surface area (Å²) in [5.74, 6) is -2.26. The number of fused-ring (bicyclic) bond motifs is 2. The maximum Gasteiger partial charge on any atom is 0.262 e. The van der Waals surface area contributed by atoms with Gasteiger partial charge in [-0.05, 0) is 43.5 Å². The van der Waals surface area contributed by atoms with Crippen molar-refractivity contribution < 1.29 is 28.4 Å². The van der Waals surface area contributed by atoms with Crippen molar-refractivity contribution in [2.75, 3.05) is 63.1 Å². The molecular weight excluding hydrogens is 792 g/mol. The van der Waals surface area contributed by atoms with Gasteiger partial charge in [0.2, 0.25) is 17.7 Å². The first kappa shape index (κ1) is 37.6. The number of hydrogen-bond acceptors (Lipinski definition) is 14. The Balaban J connectivity index is 0.713. The van der Waals surface area contributed by atoms with Crippen molar-refractivity contribution in [2.45, 2.75) is 37.6 Å². The third kappa shape index (κ3) is 6.25. The van der Waals surface area contributed by atoms with Gasteiger partial charge in [0, 0.05) is 99.8 Å². The average Bonchev–Trinajstić information content (AvgIpc) is 3.93. The van der Waals surface area contributed by atoms with E-state index in [0.717, 1.165) is 50.5 Å². The molecule has 0 bridgehead atoms. The van der Waals surface area contributed by atoms with E-state index >= 15 is 4.39 Å². The van der Waals surface area contributed by atoms with Crippen molar-refractivity contribution >= 4 is 63.3 Å². The van der Waals surface area contributed by atoms with Crippen LogP contribution >= 0.6 is 11.3 Å². The smallest absolute Gasteiger partial charge is 0.262 e. The normalized spacial score (nSPS) is 20.3. The molecule has 1 saturated carbocycles. The van der Waals surface area contributed by atoms with Crippen LogP contribution in [-0.2, 0) is 14.4 Å². The molecule has 17 nitrogen and oxygen atoms in total. The van der Waals surface area contributed by atoms with E-state index in [0.29, 0.717) is 56.3 Å². The van der Waals surface area contributed by atoms with Crippen LogP contribution in [0.4, 0.5) is 15.8 Å². The number of amides is 5. The maximum atomic E-state index is 15.4. The molecule has 1 unspecified atom stereocenters. The molecule has 5 aromatic rings. The van der Waals surface area contributed by atoms with Crippen LogP contribution in [-0.4, -0.2) is 128 Å². The van der Waals surface area contributed by atoms with Crippen LogP contribution in [0.3, 0.4) is 0 Å². The number of nitrogens with zero attached hydrogens (tertiary/aromatic N) is 10. The molecule has 3 saturated heterocycles. The van der Waals surface area contributed by atoms with Gasteiger partial charge in [0.1, 0.15) is 34.4 Å². The minimum absolute atomic E-state index is 0.00267. The number of pyridine rings is 2. The highest BCUT2D eigenvalue weighted by Crippen LogP contribution is 2.57. The number of benzene rings is 1. The highest BCUT2D eigenvalue weighted by molar-refractivity contribution is 7.14. The summed E-state index contributed by atoms with van der Waals surface area (Å²) in [6, 6.07) is 9.07. The van der Waals surface area contributed by atoms with Gasteiger partial charge in [-0.2, -0.15) is 5.26 Å². The van der Waals surface area contributed by atoms with Gasteiger partial charge in [0.25, 0.3) is 11.8 Å². The van der Waals surface area contributed by atoms with E-state index in [1.54, 1.807) is 34.7 Å². The van der Waals surface area contributed by atoms with Crippen LogP contribution < -0.4 is 15.5 Å². The number of carbonyl (C=O) groups excluding carboxylic acids is 5. The Hall–Kier alpha value is -6.65. The second-order valence-corrected chi connectivity index (χ2v) is 17.1. The summed E-state index contributed by atoms with van der Waals surface area (Å²) in [5.41, 5.74) is 3.10. The Morgan fingerprint density at radius 2 is 1.77 bits per heavy atom. The molecule has 1 atom stereocenters. The van der Waals surface area contributed by atoms with E-state index < -0.39 is 35.5 Å². The molecule has 5 amide bonds. The fourth-order valence-electron chi connectivity index (χ4n) is 9.25. The van der Waals surface area contributed by atoms with Gasteiger partial charge in [0.15, 0.2) is 5.01 Å². The number of imide groups is 2. The minimum Gasteiger partial charge on any atom is -0.387 e. The number of piperidine rings is 1. The maximum absolute atomic E-state index is 15.4. The molecule has 1 aliphatic carbocycles. The van der Waals surface area contributed by atoms with E-state index in [4.69, 9.17) is 4.98 Å². The number of aromatic nitrogens is 5. The number of nitrogens with one attached hydrogen (secondary N) is 2. The second kappa shape index (κ2) is 14.3. The highest BCUT2D eigenvalue weighted by atomic mass is 32.1. The molecule has 4 fully saturated rings. The molecule has 1 aromatic carbocycles. The van der Waals surface area contributed by atoms with E-state index in [1.165, 1.54) is 6.07 Å². The van der Waals surface area contributed by atoms with Gasteiger partial charge in [0.05, 0.1) is 34.5 Å². The summed E-state index contributed by atoms with van der Waals surface area (Å²) in [5, 5.41) is 26.3. The summed E-state index contributed by atoms with van der Waals surface area (Å²) in [6.07, 6.45) is 7.11. The summed E-state index contributed by atoms with van der Waals surface area (Å²) in [7, 11) is 1.85. The number of halogens is 1. The Morgan fingerprint density at radius 3 is 2.50 bits per heavy atom. The van der Waals surface area contributed by atoms with Crippen molar-refractivity contribution in [3.05, 3.63) is 76.4 Å². The lowest BCUT2D eigenvalue weighted by molar-refractivity contribution is -0.152. The van der Waals surface area contributed by atoms with Crippen molar-refractivity contribution in [3.8, 4) is 22.5 Å². The van der Waals surface area contributed by atoms with Crippen LogP contribution in [0.25, 0.3) is 27.4 Å². The predicted molar refractivity (Wildman–Crippen MR) is 215 cm³/mol. The quantitative estimate of drug-likeness (QED) is 0.217. The zero-order valence-corrected chi connectivity index (χ0v) is 33.2. The molecule has 0 radical (unpaired) electrons. The molecule has 1 spiro atoms. The van der Waals surface area contributed by atoms with Crippen molar-refractivity contribution in [1.29, 1.82) is 5.26 Å². The number of carbonyl (C=O) groups is 5. The fraction of sp³-hybridized carbons (Fsp3) is 0.366. The van der Waals surface area contributed by atoms with Crippen LogP contribution in [0.5, 0.6) is 0 Å². The molecule has 304 valence electrons. The lowest BCUT2D eigenvalue weighted by Crippen LogP contribution is -2.64. The van der Waals surface area contributed by atoms with Crippen molar-refractivity contribution in [1.82, 2.24) is 44.7 Å². The van der Waals surface area contributed by atoms with Crippen molar-refractivity contribution in [2.24, 2.45) is 5.41 Å². The number of piperazine rings is 1. The third-order valence-electron chi connectivity index (χ3n) is 12.4. The zero-order chi connectivity index (χ0) is 41.4. The average molecular weight is 829 g/mol. The second-order valence-electron chi connectivity index (χ2n) is 16.1. The molecule has 60 heavy (non-hydrogen) atoms. The standard InChI is InChI=1S/C41H37FN12O5S/c1-44-29-13-32(53-5-4-23-10-22(16-43)17-46-35(23)53)45-18-27(29)38-49-48-37(60-38)24-14-41(15-24)20-52(21-41)34(56)19-50-6-8-51(9-7-50)31-12-26-25(11-28(31)42)39(58)54(40(26)59)30-2-3-33(55)47-36(30)57/h4-5,10-13,17-18,24,30H,2-3,6-9,14-15,19-21H2,1H3,(H,44,45)(H,47,55,57). The van der Waals surface area contributed by atoms with Crippen LogP contribution in [0.15, 0.2) is 48.9 Å². The topological polar surface area (TPSA) is 203 Å². The molecule has 2 N–H and O–H groups in total. The van der Waals surface area contributed by atoms with Gasteiger partial charge in [-0.15, -0.1) is 10.2 Å². The van der Waals surface area contributed by atoms with E-state index in [-0.39, 0.29) is 53.4 Å².